The van der Waals surface area contributed by atoms with Gasteiger partial charge >= 0.3 is 18.2 Å². The molecule has 4 N–H and O–H groups in total. The lowest BCUT2D eigenvalue weighted by Crippen LogP contribution is -2.53. The predicted octanol–water partition coefficient (Wildman–Crippen LogP) is 3.54. The molecule has 0 spiro atoms. The number of aliphatic hydroxyl groups is 4. The van der Waals surface area contributed by atoms with Gasteiger partial charge in [-0.15, -0.1) is 0 Å². The molecule has 0 aromatic heterocycles. The molecule has 51 heavy (non-hydrogen) atoms. The molecule has 2 amide bonds. The number of hydrogen-bond donors (Lipinski definition) is 4. The number of allylic oxidation sites excluding steroid dienone is 2. The van der Waals surface area contributed by atoms with Crippen LogP contribution in [0.25, 0.3) is 0 Å². The molecule has 0 unspecified atom stereocenters. The van der Waals surface area contributed by atoms with Crippen LogP contribution in [0, 0.1) is 11.8 Å². The van der Waals surface area contributed by atoms with Gasteiger partial charge in [-0.1, -0.05) is 63.8 Å². The van der Waals surface area contributed by atoms with Gasteiger partial charge < -0.3 is 44.4 Å². The highest BCUT2D eigenvalue weighted by molar-refractivity contribution is 5.70. The maximum Gasteiger partial charge on any atom is 0.410 e. The van der Waals surface area contributed by atoms with Crippen LogP contribution in [0.4, 0.5) is 9.59 Å². The van der Waals surface area contributed by atoms with Gasteiger partial charge in [-0.2, -0.15) is 0 Å². The van der Waals surface area contributed by atoms with E-state index in [9.17, 15) is 34.8 Å². The summed E-state index contributed by atoms with van der Waals surface area (Å²) in [5.74, 6) is -1.09. The van der Waals surface area contributed by atoms with E-state index in [-0.39, 0.29) is 50.8 Å². The lowest BCUT2D eigenvalue weighted by Gasteiger charge is -2.40. The monoisotopic (exact) mass is 719 g/mol. The van der Waals surface area contributed by atoms with Crippen molar-refractivity contribution in [2.45, 2.75) is 128 Å². The van der Waals surface area contributed by atoms with E-state index in [0.29, 0.717) is 19.1 Å². The van der Waals surface area contributed by atoms with Crippen molar-refractivity contribution in [3.05, 3.63) is 36.0 Å². The van der Waals surface area contributed by atoms with Gasteiger partial charge in [0.05, 0.1) is 44.4 Å². The Labute approximate surface area is 302 Å². The molecule has 4 rings (SSSR count). The number of piperazine rings is 1. The van der Waals surface area contributed by atoms with E-state index in [1.807, 2.05) is 26.8 Å². The van der Waals surface area contributed by atoms with Gasteiger partial charge in [-0.25, -0.2) is 9.59 Å². The minimum atomic E-state index is -1.49. The SMILES string of the molecule is C/C(=C\C=C\[C@@H](C)COC(=O)N1C[C@@H](O)[C@@H](O)C1)[C@H]1OC(=O)C[C@@H](O)CC[C@](C)(O)[C@@H](OC(=O)N2CCN(C3CCCCCC3)CC2)/C=C/[C@@H]1C. The molecule has 0 radical (unpaired) electrons. The van der Waals surface area contributed by atoms with Crippen LogP contribution in [0.1, 0.15) is 85.5 Å². The van der Waals surface area contributed by atoms with Crippen molar-refractivity contribution < 1.29 is 49.0 Å². The minimum Gasteiger partial charge on any atom is -0.457 e. The number of esters is 1. The quantitative estimate of drug-likeness (QED) is 0.0999. The first-order valence-electron chi connectivity index (χ1n) is 18.8. The van der Waals surface area contributed by atoms with Crippen molar-refractivity contribution in [2.24, 2.45) is 11.8 Å². The summed E-state index contributed by atoms with van der Waals surface area (Å²) in [5, 5.41) is 41.5. The molecule has 3 aliphatic heterocycles. The fourth-order valence-electron chi connectivity index (χ4n) is 7.29. The normalized spacial score (nSPS) is 33.9. The summed E-state index contributed by atoms with van der Waals surface area (Å²) < 4.78 is 17.2. The number of amides is 2. The average molecular weight is 720 g/mol. The molecule has 0 aromatic rings. The van der Waals surface area contributed by atoms with Crippen LogP contribution in [0.3, 0.4) is 0 Å². The second-order valence-corrected chi connectivity index (χ2v) is 15.3. The number of hydrogen-bond acceptors (Lipinski definition) is 11. The first kappa shape index (κ1) is 40.8. The van der Waals surface area contributed by atoms with Crippen molar-refractivity contribution in [3.63, 3.8) is 0 Å². The van der Waals surface area contributed by atoms with E-state index in [1.54, 1.807) is 36.1 Å². The summed E-state index contributed by atoms with van der Waals surface area (Å²) in [6.07, 6.45) is 10.6. The third-order valence-electron chi connectivity index (χ3n) is 10.7. The first-order valence-corrected chi connectivity index (χ1v) is 18.8. The molecule has 13 nitrogen and oxygen atoms in total. The molecule has 2 saturated heterocycles. The number of aliphatic hydroxyl groups excluding tert-OH is 3. The molecule has 0 bridgehead atoms. The smallest absolute Gasteiger partial charge is 0.410 e. The lowest BCUT2D eigenvalue weighted by atomic mass is 9.89. The summed E-state index contributed by atoms with van der Waals surface area (Å²) in [7, 11) is 0. The molecule has 13 heteroatoms. The zero-order valence-electron chi connectivity index (χ0n) is 30.9. The molecule has 4 aliphatic rings. The number of ether oxygens (including phenoxy) is 3. The van der Waals surface area contributed by atoms with Crippen LogP contribution in [0.15, 0.2) is 36.0 Å². The fourth-order valence-corrected chi connectivity index (χ4v) is 7.29. The third kappa shape index (κ3) is 12.3. The number of rotatable bonds is 7. The van der Waals surface area contributed by atoms with Crippen molar-refractivity contribution in [2.75, 3.05) is 45.9 Å². The van der Waals surface area contributed by atoms with Gasteiger partial charge in [0, 0.05) is 44.1 Å². The van der Waals surface area contributed by atoms with Gasteiger partial charge in [0.2, 0.25) is 0 Å². The van der Waals surface area contributed by atoms with Gasteiger partial charge in [0.1, 0.15) is 11.7 Å². The highest BCUT2D eigenvalue weighted by Gasteiger charge is 2.37. The highest BCUT2D eigenvalue weighted by Crippen LogP contribution is 2.28. The second kappa shape index (κ2) is 19.2. The van der Waals surface area contributed by atoms with Crippen molar-refractivity contribution >= 4 is 18.2 Å². The van der Waals surface area contributed by atoms with E-state index < -0.39 is 54.3 Å². The topological polar surface area (TPSA) is 170 Å². The number of likely N-dealkylation sites (tertiary alicyclic amines) is 1. The number of cyclic esters (lactones) is 1. The number of carbonyl (C=O) groups excluding carboxylic acids is 3. The van der Waals surface area contributed by atoms with Gasteiger partial charge in [-0.05, 0) is 51.2 Å². The standard InChI is InChI=1S/C38H61N3O10/c1-26(25-49-36(46)41-23-31(43)32(44)24-41)10-9-11-27(2)35-28(3)14-15-33(38(4,48)17-16-30(42)22-34(45)51-35)50-37(47)40-20-18-39(19-21-40)29-12-7-5-6-8-13-29/h9-11,14-15,26,28-33,35,42-44,48H,5-8,12-13,16-25H2,1-4H3/b10-9+,15-14+,27-11+/t26-,28+,30+,31-,32+,33+,35-,38+/m1/s1. The highest BCUT2D eigenvalue weighted by atomic mass is 16.6. The van der Waals surface area contributed by atoms with E-state index in [1.165, 1.54) is 43.4 Å². The number of carbonyl (C=O) groups is 3. The van der Waals surface area contributed by atoms with Crippen molar-refractivity contribution in [1.82, 2.24) is 14.7 Å². The Morgan fingerprint density at radius 2 is 1.63 bits per heavy atom. The molecule has 3 heterocycles. The number of nitrogens with zero attached hydrogens (tertiary/aromatic N) is 3. The van der Waals surface area contributed by atoms with E-state index in [2.05, 4.69) is 4.90 Å². The minimum absolute atomic E-state index is 0.0221. The fraction of sp³-hybridized carbons (Fsp3) is 0.763. The first-order chi connectivity index (χ1) is 24.2. The second-order valence-electron chi connectivity index (χ2n) is 15.3. The summed E-state index contributed by atoms with van der Waals surface area (Å²) in [4.78, 5) is 44.1. The van der Waals surface area contributed by atoms with Crippen LogP contribution >= 0.6 is 0 Å². The van der Waals surface area contributed by atoms with E-state index >= 15 is 0 Å². The van der Waals surface area contributed by atoms with Crippen LogP contribution in [0.2, 0.25) is 0 Å². The summed E-state index contributed by atoms with van der Waals surface area (Å²) in [5.41, 5.74) is -0.769. The third-order valence-corrected chi connectivity index (χ3v) is 10.7. The lowest BCUT2D eigenvalue weighted by molar-refractivity contribution is -0.151. The Bertz CT molecular complexity index is 1230. The Morgan fingerprint density at radius 3 is 2.27 bits per heavy atom. The molecule has 8 atom stereocenters. The van der Waals surface area contributed by atoms with Crippen molar-refractivity contribution in [3.8, 4) is 0 Å². The largest absolute Gasteiger partial charge is 0.457 e. The molecule has 288 valence electrons. The Kier molecular flexibility index (Phi) is 15.4. The molecular weight excluding hydrogens is 658 g/mol. The summed E-state index contributed by atoms with van der Waals surface area (Å²) >= 11 is 0. The van der Waals surface area contributed by atoms with Gasteiger partial charge in [0.15, 0.2) is 6.10 Å². The number of β-amino-alcohol motifs (C(OH)–C–C–N with tert-alkyl or cyclic N) is 2. The summed E-state index contributed by atoms with van der Waals surface area (Å²) in [6.45, 7) is 10.0. The molecule has 0 aromatic carbocycles. The molecular formula is C38H61N3O10. The maximum absolute atomic E-state index is 13.4. The summed E-state index contributed by atoms with van der Waals surface area (Å²) in [6, 6.07) is 0.574. The molecule has 3 fully saturated rings. The van der Waals surface area contributed by atoms with Crippen LogP contribution in [0.5, 0.6) is 0 Å². The van der Waals surface area contributed by atoms with Crippen molar-refractivity contribution in [1.29, 1.82) is 0 Å². The van der Waals surface area contributed by atoms with Gasteiger partial charge in [0.25, 0.3) is 0 Å². The average Bonchev–Trinajstić information content (AvgIpc) is 3.25. The van der Waals surface area contributed by atoms with E-state index in [0.717, 1.165) is 18.7 Å². The Morgan fingerprint density at radius 1 is 0.980 bits per heavy atom. The van der Waals surface area contributed by atoms with Crippen LogP contribution in [-0.2, 0) is 19.0 Å². The predicted molar refractivity (Wildman–Crippen MR) is 191 cm³/mol. The van der Waals surface area contributed by atoms with E-state index in [4.69, 9.17) is 14.2 Å². The molecule has 1 aliphatic carbocycles. The van der Waals surface area contributed by atoms with Crippen LogP contribution in [-0.4, -0.2) is 141 Å². The Balaban J connectivity index is 1.39. The van der Waals surface area contributed by atoms with Crippen LogP contribution < -0.4 is 0 Å². The molecule has 1 saturated carbocycles. The zero-order chi connectivity index (χ0) is 37.1. The van der Waals surface area contributed by atoms with Gasteiger partial charge in [-0.3, -0.25) is 9.69 Å². The zero-order valence-corrected chi connectivity index (χ0v) is 30.9. The maximum atomic E-state index is 13.4. The Hall–Kier alpha value is -2.97.